The summed E-state index contributed by atoms with van der Waals surface area (Å²) < 4.78 is 0. The van der Waals surface area contributed by atoms with Gasteiger partial charge in [-0.25, -0.2) is 4.79 Å². The second-order valence-electron chi connectivity index (χ2n) is 9.51. The average Bonchev–Trinajstić information content (AvgIpc) is 3.33. The third-order valence-electron chi connectivity index (χ3n) is 7.25. The van der Waals surface area contributed by atoms with E-state index in [1.807, 2.05) is 0 Å². The van der Waals surface area contributed by atoms with Crippen molar-refractivity contribution in [2.75, 3.05) is 6.54 Å². The molecule has 0 aromatic heterocycles. The van der Waals surface area contributed by atoms with Crippen molar-refractivity contribution in [2.45, 2.75) is 96.6 Å². The van der Waals surface area contributed by atoms with Gasteiger partial charge >= 0.3 is 6.03 Å². The monoisotopic (exact) mass is 391 g/mol. The molecule has 0 unspecified atom stereocenters. The van der Waals surface area contributed by atoms with Crippen LogP contribution in [0.1, 0.15) is 85.0 Å². The summed E-state index contributed by atoms with van der Waals surface area (Å²) in [4.78, 5) is 38.7. The molecule has 2 saturated carbocycles. The third-order valence-corrected chi connectivity index (χ3v) is 7.25. The van der Waals surface area contributed by atoms with Gasteiger partial charge in [0.1, 0.15) is 12.1 Å². The minimum Gasteiger partial charge on any atom is -0.352 e. The Morgan fingerprint density at radius 2 is 1.96 bits per heavy atom. The number of fused-ring (bicyclic) bond motifs is 2. The Bertz CT molecular complexity index is 608. The summed E-state index contributed by atoms with van der Waals surface area (Å²) in [5, 5.41) is 5.87. The van der Waals surface area contributed by atoms with Crippen LogP contribution >= 0.6 is 0 Å². The second-order valence-corrected chi connectivity index (χ2v) is 9.51. The second kappa shape index (κ2) is 8.83. The Kier molecular flexibility index (Phi) is 6.66. The Hall–Kier alpha value is -1.59. The van der Waals surface area contributed by atoms with Gasteiger partial charge in [-0.05, 0) is 57.3 Å². The number of carbonyl (C=O) groups is 3. The molecular formula is C22H37N3O3. The maximum Gasteiger partial charge on any atom is 0.325 e. The number of amides is 4. The first-order valence-electron chi connectivity index (χ1n) is 11.3. The summed E-state index contributed by atoms with van der Waals surface area (Å²) in [6.45, 7) is 5.84. The van der Waals surface area contributed by atoms with Crippen molar-refractivity contribution in [3.05, 3.63) is 0 Å². The van der Waals surface area contributed by atoms with Gasteiger partial charge in [-0.2, -0.15) is 0 Å². The van der Waals surface area contributed by atoms with Crippen LogP contribution in [-0.2, 0) is 9.59 Å². The van der Waals surface area contributed by atoms with Gasteiger partial charge in [-0.15, -0.1) is 0 Å². The van der Waals surface area contributed by atoms with Gasteiger partial charge in [0.25, 0.3) is 5.91 Å². The molecule has 6 nitrogen and oxygen atoms in total. The van der Waals surface area contributed by atoms with Crippen LogP contribution in [0.3, 0.4) is 0 Å². The molecule has 0 aromatic carbocycles. The highest BCUT2D eigenvalue weighted by atomic mass is 16.2. The molecule has 1 heterocycles. The van der Waals surface area contributed by atoms with E-state index < -0.39 is 11.6 Å². The fourth-order valence-corrected chi connectivity index (χ4v) is 5.60. The van der Waals surface area contributed by atoms with Crippen LogP contribution < -0.4 is 10.6 Å². The Morgan fingerprint density at radius 1 is 1.21 bits per heavy atom. The van der Waals surface area contributed by atoms with Gasteiger partial charge < -0.3 is 10.6 Å². The molecule has 3 fully saturated rings. The number of nitrogens with zero attached hydrogens (tertiary/aromatic N) is 1. The lowest BCUT2D eigenvalue weighted by atomic mass is 9.84. The number of imide groups is 1. The fourth-order valence-electron chi connectivity index (χ4n) is 5.60. The van der Waals surface area contributed by atoms with E-state index in [-0.39, 0.29) is 24.4 Å². The summed E-state index contributed by atoms with van der Waals surface area (Å²) in [7, 11) is 0. The zero-order chi connectivity index (χ0) is 20.3. The Morgan fingerprint density at radius 3 is 2.61 bits per heavy atom. The van der Waals surface area contributed by atoms with Crippen LogP contribution in [0.4, 0.5) is 4.79 Å². The Balaban J connectivity index is 1.47. The van der Waals surface area contributed by atoms with E-state index in [0.29, 0.717) is 12.3 Å². The molecule has 2 aliphatic carbocycles. The van der Waals surface area contributed by atoms with Crippen molar-refractivity contribution >= 4 is 17.8 Å². The number of hydrogen-bond acceptors (Lipinski definition) is 3. The lowest BCUT2D eigenvalue weighted by molar-refractivity contribution is -0.135. The van der Waals surface area contributed by atoms with Crippen molar-refractivity contribution in [3.63, 3.8) is 0 Å². The Labute approximate surface area is 169 Å². The molecule has 0 aromatic rings. The molecule has 3 aliphatic rings. The van der Waals surface area contributed by atoms with Crippen molar-refractivity contribution in [1.82, 2.24) is 15.5 Å². The first-order valence-corrected chi connectivity index (χ1v) is 11.3. The number of hydrogen-bond donors (Lipinski definition) is 2. The summed E-state index contributed by atoms with van der Waals surface area (Å²) in [6, 6.07) is -0.336. The van der Waals surface area contributed by atoms with Gasteiger partial charge in [0.05, 0.1) is 0 Å². The minimum absolute atomic E-state index is 0.105. The van der Waals surface area contributed by atoms with E-state index in [0.717, 1.165) is 36.0 Å². The van der Waals surface area contributed by atoms with Crippen LogP contribution in [0.25, 0.3) is 0 Å². The molecule has 1 saturated heterocycles. The van der Waals surface area contributed by atoms with Crippen molar-refractivity contribution < 1.29 is 14.4 Å². The highest BCUT2D eigenvalue weighted by molar-refractivity contribution is 6.08. The van der Waals surface area contributed by atoms with Gasteiger partial charge in [-0.3, -0.25) is 14.5 Å². The largest absolute Gasteiger partial charge is 0.352 e. The van der Waals surface area contributed by atoms with Crippen LogP contribution in [0.2, 0.25) is 0 Å². The van der Waals surface area contributed by atoms with Crippen molar-refractivity contribution in [3.8, 4) is 0 Å². The molecule has 0 radical (unpaired) electrons. The van der Waals surface area contributed by atoms with Crippen LogP contribution in [-0.4, -0.2) is 40.9 Å². The maximum atomic E-state index is 12.8. The topological polar surface area (TPSA) is 78.5 Å². The van der Waals surface area contributed by atoms with Gasteiger partial charge in [0.2, 0.25) is 5.91 Å². The van der Waals surface area contributed by atoms with E-state index in [1.165, 1.54) is 38.5 Å². The third kappa shape index (κ3) is 4.52. The number of unbranched alkanes of at least 4 members (excludes halogenated alkanes) is 4. The first-order chi connectivity index (χ1) is 13.3. The summed E-state index contributed by atoms with van der Waals surface area (Å²) >= 11 is 0. The van der Waals surface area contributed by atoms with Crippen LogP contribution in [0.15, 0.2) is 0 Å². The molecule has 2 bridgehead atoms. The zero-order valence-electron chi connectivity index (χ0n) is 17.8. The molecule has 0 spiro atoms. The van der Waals surface area contributed by atoms with E-state index in [1.54, 1.807) is 6.92 Å². The summed E-state index contributed by atoms with van der Waals surface area (Å²) in [5.74, 6) is 1.60. The number of nitrogens with one attached hydrogen (secondary N) is 2. The molecule has 1 aliphatic heterocycles. The lowest BCUT2D eigenvalue weighted by Gasteiger charge is -2.29. The molecule has 3 rings (SSSR count). The van der Waals surface area contributed by atoms with Gasteiger partial charge in [-0.1, -0.05) is 45.4 Å². The highest BCUT2D eigenvalue weighted by Crippen LogP contribution is 2.49. The molecule has 28 heavy (non-hydrogen) atoms. The molecule has 5 atom stereocenters. The quantitative estimate of drug-likeness (QED) is 0.441. The average molecular weight is 392 g/mol. The number of carbonyl (C=O) groups excluding carboxylic acids is 3. The number of urea groups is 1. The standard InChI is InChI=1S/C22H37N3O3/c1-4-5-6-7-8-11-22(3)20(27)25(21(28)24-22)14-19(26)23-15(2)18-13-16-9-10-17(18)12-16/h15-18H,4-14H2,1-3H3,(H,23,26)(H,24,28)/t15-,16+,17+,18-,22+/m1/s1. The van der Waals surface area contributed by atoms with E-state index in [2.05, 4.69) is 24.5 Å². The first kappa shape index (κ1) is 21.1. The van der Waals surface area contributed by atoms with Crippen molar-refractivity contribution in [1.29, 1.82) is 0 Å². The highest BCUT2D eigenvalue weighted by Gasteiger charge is 2.48. The van der Waals surface area contributed by atoms with E-state index in [9.17, 15) is 14.4 Å². The maximum absolute atomic E-state index is 12.8. The van der Waals surface area contributed by atoms with Crippen LogP contribution in [0.5, 0.6) is 0 Å². The minimum atomic E-state index is -0.875. The lowest BCUT2D eigenvalue weighted by Crippen LogP contribution is -2.47. The van der Waals surface area contributed by atoms with E-state index >= 15 is 0 Å². The SMILES string of the molecule is CCCCCCC[C@]1(C)NC(=O)N(CC(=O)N[C@H](C)[C@H]2C[C@H]3CC[C@H]2C3)C1=O. The summed E-state index contributed by atoms with van der Waals surface area (Å²) in [6.07, 6.45) is 11.2. The van der Waals surface area contributed by atoms with Gasteiger partial charge in [0, 0.05) is 6.04 Å². The predicted octanol–water partition coefficient (Wildman–Crippen LogP) is 3.60. The smallest absolute Gasteiger partial charge is 0.325 e. The molecular weight excluding hydrogens is 354 g/mol. The fraction of sp³-hybridized carbons (Fsp3) is 0.864. The molecule has 6 heteroatoms. The van der Waals surface area contributed by atoms with Crippen molar-refractivity contribution in [2.24, 2.45) is 17.8 Å². The normalized spacial score (nSPS) is 32.7. The zero-order valence-corrected chi connectivity index (χ0v) is 17.8. The molecule has 2 N–H and O–H groups in total. The van der Waals surface area contributed by atoms with E-state index in [4.69, 9.17) is 0 Å². The summed E-state index contributed by atoms with van der Waals surface area (Å²) in [5.41, 5.74) is -0.875. The molecule has 158 valence electrons. The predicted molar refractivity (Wildman–Crippen MR) is 109 cm³/mol. The van der Waals surface area contributed by atoms with Gasteiger partial charge in [0.15, 0.2) is 0 Å². The molecule has 4 amide bonds. The van der Waals surface area contributed by atoms with Crippen LogP contribution in [0, 0.1) is 17.8 Å². The number of rotatable bonds is 10.